The fraction of sp³-hybridized carbons (Fsp3) is 0.429. The molecule has 0 saturated carbocycles. The topological polar surface area (TPSA) is 66.4 Å². The number of benzene rings is 1. The highest BCUT2D eigenvalue weighted by Crippen LogP contribution is 2.29. The van der Waals surface area contributed by atoms with E-state index in [1.54, 1.807) is 18.7 Å². The Kier molecular flexibility index (Phi) is 4.14. The summed E-state index contributed by atoms with van der Waals surface area (Å²) in [7, 11) is 0. The van der Waals surface area contributed by atoms with Gasteiger partial charge in [0.05, 0.1) is 5.92 Å². The summed E-state index contributed by atoms with van der Waals surface area (Å²) in [5.74, 6) is -0.299. The molecule has 1 amide bonds. The molecule has 0 aromatic heterocycles. The summed E-state index contributed by atoms with van der Waals surface area (Å²) in [6.45, 7) is 1.79. The van der Waals surface area contributed by atoms with Crippen molar-refractivity contribution in [2.75, 3.05) is 11.5 Å². The summed E-state index contributed by atoms with van der Waals surface area (Å²) in [6.07, 6.45) is 0.486. The second kappa shape index (κ2) is 5.65. The zero-order chi connectivity index (χ0) is 13.9. The van der Waals surface area contributed by atoms with Gasteiger partial charge in [0.25, 0.3) is 0 Å². The third kappa shape index (κ3) is 2.92. The van der Waals surface area contributed by atoms with Gasteiger partial charge in [0.2, 0.25) is 5.91 Å². The molecule has 1 saturated heterocycles. The molecule has 1 unspecified atom stereocenters. The molecule has 1 heterocycles. The predicted molar refractivity (Wildman–Crippen MR) is 75.3 cm³/mol. The Balaban J connectivity index is 2.10. The molecule has 2 atom stereocenters. The standard InChI is InChI=1S/C14H17NO3S/c1-10(11-5-3-2-4-6-11)12(16)15-14(13(17)18)7-8-19-9-14/h2-6,10H,7-9H2,1H3,(H,15,16)(H,17,18)/t10-,14?/m1/s1. The van der Waals surface area contributed by atoms with Crippen molar-refractivity contribution >= 4 is 23.6 Å². The number of thioether (sulfide) groups is 1. The largest absolute Gasteiger partial charge is 0.479 e. The van der Waals surface area contributed by atoms with Crippen LogP contribution in [0.25, 0.3) is 0 Å². The van der Waals surface area contributed by atoms with E-state index in [0.717, 1.165) is 11.3 Å². The van der Waals surface area contributed by atoms with Crippen LogP contribution in [0.3, 0.4) is 0 Å². The molecule has 1 aromatic rings. The average molecular weight is 279 g/mol. The average Bonchev–Trinajstić information content (AvgIpc) is 2.88. The normalized spacial score (nSPS) is 23.8. The van der Waals surface area contributed by atoms with Gasteiger partial charge in [-0.1, -0.05) is 30.3 Å². The van der Waals surface area contributed by atoms with Crippen LogP contribution in [0.2, 0.25) is 0 Å². The molecule has 0 bridgehead atoms. The first-order chi connectivity index (χ1) is 9.05. The Hall–Kier alpha value is -1.49. The molecule has 1 aliphatic rings. The molecule has 2 rings (SSSR count). The Morgan fingerprint density at radius 2 is 2.05 bits per heavy atom. The van der Waals surface area contributed by atoms with E-state index in [1.165, 1.54) is 0 Å². The maximum Gasteiger partial charge on any atom is 0.330 e. The van der Waals surface area contributed by atoms with Crippen LogP contribution in [0, 0.1) is 0 Å². The lowest BCUT2D eigenvalue weighted by atomic mass is 9.95. The van der Waals surface area contributed by atoms with Gasteiger partial charge < -0.3 is 10.4 Å². The minimum Gasteiger partial charge on any atom is -0.479 e. The van der Waals surface area contributed by atoms with Crippen molar-refractivity contribution in [1.82, 2.24) is 5.32 Å². The summed E-state index contributed by atoms with van der Waals surface area (Å²) in [5.41, 5.74) is -0.198. The van der Waals surface area contributed by atoms with E-state index >= 15 is 0 Å². The van der Waals surface area contributed by atoms with Crippen LogP contribution in [0.15, 0.2) is 30.3 Å². The molecule has 0 spiro atoms. The van der Waals surface area contributed by atoms with Crippen LogP contribution in [-0.4, -0.2) is 34.0 Å². The maximum atomic E-state index is 12.2. The molecule has 102 valence electrons. The highest BCUT2D eigenvalue weighted by atomic mass is 32.2. The van der Waals surface area contributed by atoms with Gasteiger partial charge in [-0.3, -0.25) is 4.79 Å². The van der Waals surface area contributed by atoms with Crippen LogP contribution in [0.5, 0.6) is 0 Å². The van der Waals surface area contributed by atoms with E-state index in [9.17, 15) is 14.7 Å². The molecule has 19 heavy (non-hydrogen) atoms. The minimum atomic E-state index is -1.09. The monoisotopic (exact) mass is 279 g/mol. The van der Waals surface area contributed by atoms with Gasteiger partial charge in [0.15, 0.2) is 0 Å². The van der Waals surface area contributed by atoms with Gasteiger partial charge in [-0.2, -0.15) is 11.8 Å². The fourth-order valence-corrected chi connectivity index (χ4v) is 3.45. The Morgan fingerprint density at radius 1 is 1.37 bits per heavy atom. The minimum absolute atomic E-state index is 0.226. The number of carboxylic acid groups (broad SMARTS) is 1. The van der Waals surface area contributed by atoms with E-state index in [2.05, 4.69) is 5.32 Å². The van der Waals surface area contributed by atoms with E-state index in [0.29, 0.717) is 12.2 Å². The van der Waals surface area contributed by atoms with Crippen molar-refractivity contribution in [3.05, 3.63) is 35.9 Å². The number of carbonyl (C=O) groups is 2. The van der Waals surface area contributed by atoms with Gasteiger partial charge in [-0.25, -0.2) is 4.79 Å². The van der Waals surface area contributed by atoms with Crippen LogP contribution in [0.4, 0.5) is 0 Å². The molecule has 4 nitrogen and oxygen atoms in total. The van der Waals surface area contributed by atoms with Crippen molar-refractivity contribution in [2.45, 2.75) is 24.8 Å². The predicted octanol–water partition coefficient (Wildman–Crippen LogP) is 1.87. The zero-order valence-corrected chi connectivity index (χ0v) is 11.6. The molecule has 1 aromatic carbocycles. The molecule has 2 N–H and O–H groups in total. The molecule has 1 fully saturated rings. The quantitative estimate of drug-likeness (QED) is 0.883. The maximum absolute atomic E-state index is 12.2. The lowest BCUT2D eigenvalue weighted by Gasteiger charge is -2.26. The van der Waals surface area contributed by atoms with Crippen LogP contribution >= 0.6 is 11.8 Å². The first-order valence-corrected chi connectivity index (χ1v) is 7.39. The molecule has 0 radical (unpaired) electrons. The first-order valence-electron chi connectivity index (χ1n) is 6.23. The molecular formula is C14H17NO3S. The van der Waals surface area contributed by atoms with Crippen LogP contribution in [-0.2, 0) is 9.59 Å². The van der Waals surface area contributed by atoms with Crippen LogP contribution in [0.1, 0.15) is 24.8 Å². The Bertz CT molecular complexity index is 469. The van der Waals surface area contributed by atoms with Crippen molar-refractivity contribution in [3.63, 3.8) is 0 Å². The number of carboxylic acids is 1. The van der Waals surface area contributed by atoms with Crippen molar-refractivity contribution < 1.29 is 14.7 Å². The summed E-state index contributed by atoms with van der Waals surface area (Å²) in [4.78, 5) is 23.6. The number of hydrogen-bond donors (Lipinski definition) is 2. The third-order valence-electron chi connectivity index (χ3n) is 3.49. The number of hydrogen-bond acceptors (Lipinski definition) is 3. The van der Waals surface area contributed by atoms with E-state index < -0.39 is 11.5 Å². The smallest absolute Gasteiger partial charge is 0.330 e. The number of amides is 1. The summed E-state index contributed by atoms with van der Waals surface area (Å²) >= 11 is 1.56. The Labute approximate surface area is 116 Å². The lowest BCUT2D eigenvalue weighted by molar-refractivity contribution is -0.146. The van der Waals surface area contributed by atoms with Crippen molar-refractivity contribution in [3.8, 4) is 0 Å². The number of carbonyl (C=O) groups excluding carboxylic acids is 1. The molecule has 5 heteroatoms. The van der Waals surface area contributed by atoms with Gasteiger partial charge in [-0.15, -0.1) is 0 Å². The third-order valence-corrected chi connectivity index (χ3v) is 4.68. The van der Waals surface area contributed by atoms with Crippen LogP contribution < -0.4 is 5.32 Å². The molecule has 0 aliphatic carbocycles. The first kappa shape index (κ1) is 13.9. The van der Waals surface area contributed by atoms with Crippen molar-refractivity contribution in [2.24, 2.45) is 0 Å². The van der Waals surface area contributed by atoms with E-state index in [1.807, 2.05) is 30.3 Å². The molecule has 1 aliphatic heterocycles. The van der Waals surface area contributed by atoms with Crippen molar-refractivity contribution in [1.29, 1.82) is 0 Å². The van der Waals surface area contributed by atoms with Gasteiger partial charge in [0, 0.05) is 5.75 Å². The number of aliphatic carboxylic acids is 1. The SMILES string of the molecule is C[C@@H](C(=O)NC1(C(=O)O)CCSC1)c1ccccc1. The van der Waals surface area contributed by atoms with Gasteiger partial charge in [0.1, 0.15) is 5.54 Å². The zero-order valence-electron chi connectivity index (χ0n) is 10.8. The van der Waals surface area contributed by atoms with E-state index in [4.69, 9.17) is 0 Å². The number of nitrogens with one attached hydrogen (secondary N) is 1. The highest BCUT2D eigenvalue weighted by Gasteiger charge is 2.43. The Morgan fingerprint density at radius 3 is 2.58 bits per heavy atom. The van der Waals surface area contributed by atoms with Gasteiger partial charge >= 0.3 is 5.97 Å². The highest BCUT2D eigenvalue weighted by molar-refractivity contribution is 7.99. The van der Waals surface area contributed by atoms with Gasteiger partial charge in [-0.05, 0) is 24.7 Å². The fourth-order valence-electron chi connectivity index (χ4n) is 2.12. The summed E-state index contributed by atoms with van der Waals surface area (Å²) in [6, 6.07) is 9.39. The summed E-state index contributed by atoms with van der Waals surface area (Å²) in [5, 5.41) is 12.1. The second-order valence-electron chi connectivity index (χ2n) is 4.81. The number of rotatable bonds is 4. The second-order valence-corrected chi connectivity index (χ2v) is 5.92. The summed E-state index contributed by atoms with van der Waals surface area (Å²) < 4.78 is 0. The van der Waals surface area contributed by atoms with E-state index in [-0.39, 0.29) is 11.8 Å². The molecular weight excluding hydrogens is 262 g/mol. The lowest BCUT2D eigenvalue weighted by Crippen LogP contribution is -2.55.